The van der Waals surface area contributed by atoms with E-state index in [0.717, 1.165) is 45.3 Å². The van der Waals surface area contributed by atoms with E-state index < -0.39 is 11.7 Å². The summed E-state index contributed by atoms with van der Waals surface area (Å²) < 4.78 is 5.33. The van der Waals surface area contributed by atoms with Crippen LogP contribution in [0.2, 0.25) is 0 Å². The lowest BCUT2D eigenvalue weighted by Gasteiger charge is -2.29. The van der Waals surface area contributed by atoms with Crippen molar-refractivity contribution in [2.24, 2.45) is 0 Å². The monoisotopic (exact) mass is 430 g/mol. The lowest BCUT2D eigenvalue weighted by molar-refractivity contribution is 0.0505. The summed E-state index contributed by atoms with van der Waals surface area (Å²) in [6, 6.07) is 10.9. The number of carbonyl (C=O) groups excluding carboxylic acids is 2. The smallest absolute Gasteiger partial charge is 0.407 e. The van der Waals surface area contributed by atoms with E-state index in [2.05, 4.69) is 40.5 Å². The summed E-state index contributed by atoms with van der Waals surface area (Å²) in [4.78, 5) is 31.2. The summed E-state index contributed by atoms with van der Waals surface area (Å²) >= 11 is 0. The van der Waals surface area contributed by atoms with Crippen molar-refractivity contribution in [3.63, 3.8) is 0 Å². The van der Waals surface area contributed by atoms with Gasteiger partial charge >= 0.3 is 12.1 Å². The molecule has 0 saturated carbocycles. The highest BCUT2D eigenvalue weighted by atomic mass is 16.6. The van der Waals surface area contributed by atoms with Crippen LogP contribution in [0.1, 0.15) is 45.6 Å². The molecule has 2 aliphatic rings. The minimum absolute atomic E-state index is 0.0507. The molecule has 0 unspecified atom stereocenters. The second-order valence-corrected chi connectivity index (χ2v) is 9.80. The van der Waals surface area contributed by atoms with Crippen molar-refractivity contribution < 1.29 is 14.3 Å². The molecule has 1 aromatic carbocycles. The van der Waals surface area contributed by atoms with E-state index in [9.17, 15) is 9.59 Å². The molecule has 3 rings (SSSR count). The number of likely N-dealkylation sites (tertiary alicyclic amines) is 2. The van der Waals surface area contributed by atoms with Crippen LogP contribution in [0.15, 0.2) is 30.3 Å². The van der Waals surface area contributed by atoms with Gasteiger partial charge in [-0.15, -0.1) is 0 Å². The first-order chi connectivity index (χ1) is 14.7. The largest absolute Gasteiger partial charge is 0.444 e. The van der Waals surface area contributed by atoms with Crippen LogP contribution in [-0.4, -0.2) is 84.3 Å². The highest BCUT2D eigenvalue weighted by Gasteiger charge is 2.34. The zero-order valence-electron chi connectivity index (χ0n) is 19.5. The SMILES string of the molecule is CN(C(=O)N1CC[C@H](NC(=O)OC(C)(C)C)C1)[C@H]1CCN(CCCc2ccccc2)C1. The lowest BCUT2D eigenvalue weighted by atomic mass is 10.1. The first-order valence-electron chi connectivity index (χ1n) is 11.5. The van der Waals surface area contributed by atoms with Crippen LogP contribution in [0.3, 0.4) is 0 Å². The maximum absolute atomic E-state index is 13.0. The number of urea groups is 1. The number of hydrogen-bond donors (Lipinski definition) is 1. The van der Waals surface area contributed by atoms with Crippen molar-refractivity contribution in [2.75, 3.05) is 39.8 Å². The average molecular weight is 431 g/mol. The van der Waals surface area contributed by atoms with Crippen molar-refractivity contribution in [1.82, 2.24) is 20.0 Å². The molecule has 0 bridgehead atoms. The Kier molecular flexibility index (Phi) is 7.81. The predicted molar refractivity (Wildman–Crippen MR) is 122 cm³/mol. The van der Waals surface area contributed by atoms with Crippen molar-refractivity contribution >= 4 is 12.1 Å². The molecule has 2 heterocycles. The van der Waals surface area contributed by atoms with Crippen molar-refractivity contribution in [2.45, 2.75) is 64.1 Å². The number of rotatable bonds is 6. The molecule has 0 aromatic heterocycles. The molecule has 3 amide bonds. The van der Waals surface area contributed by atoms with Crippen LogP contribution < -0.4 is 5.32 Å². The van der Waals surface area contributed by atoms with Gasteiger partial charge in [0.15, 0.2) is 0 Å². The van der Waals surface area contributed by atoms with Gasteiger partial charge in [-0.25, -0.2) is 9.59 Å². The molecule has 1 N–H and O–H groups in total. The van der Waals surface area contributed by atoms with Crippen molar-refractivity contribution in [1.29, 1.82) is 0 Å². The van der Waals surface area contributed by atoms with Gasteiger partial charge in [-0.2, -0.15) is 0 Å². The van der Waals surface area contributed by atoms with E-state index in [0.29, 0.717) is 13.1 Å². The molecule has 0 radical (unpaired) electrons. The average Bonchev–Trinajstić information content (AvgIpc) is 3.36. The normalized spacial score (nSPS) is 21.9. The minimum atomic E-state index is -0.520. The van der Waals surface area contributed by atoms with E-state index >= 15 is 0 Å². The van der Waals surface area contributed by atoms with E-state index in [1.54, 1.807) is 0 Å². The Labute approximate surface area is 186 Å². The maximum atomic E-state index is 13.0. The molecule has 2 fully saturated rings. The summed E-state index contributed by atoms with van der Waals surface area (Å²) in [6.45, 7) is 9.78. The number of hydrogen-bond acceptors (Lipinski definition) is 4. The third-order valence-electron chi connectivity index (χ3n) is 6.06. The third kappa shape index (κ3) is 7.13. The zero-order valence-corrected chi connectivity index (χ0v) is 19.5. The van der Waals surface area contributed by atoms with Gasteiger partial charge in [0.05, 0.1) is 6.04 Å². The Bertz CT molecular complexity index is 734. The number of nitrogens with zero attached hydrogens (tertiary/aromatic N) is 3. The van der Waals surface area contributed by atoms with E-state index in [4.69, 9.17) is 4.74 Å². The van der Waals surface area contributed by atoms with Gasteiger partial charge in [0.2, 0.25) is 0 Å². The van der Waals surface area contributed by atoms with Crippen molar-refractivity contribution in [3.05, 3.63) is 35.9 Å². The predicted octanol–water partition coefficient (Wildman–Crippen LogP) is 3.34. The first-order valence-corrected chi connectivity index (χ1v) is 11.5. The van der Waals surface area contributed by atoms with Crippen LogP contribution >= 0.6 is 0 Å². The van der Waals surface area contributed by atoms with Crippen LogP contribution in [-0.2, 0) is 11.2 Å². The van der Waals surface area contributed by atoms with E-state index in [-0.39, 0.29) is 18.1 Å². The van der Waals surface area contributed by atoms with Gasteiger partial charge in [0.1, 0.15) is 5.60 Å². The molecule has 2 aliphatic heterocycles. The molecule has 31 heavy (non-hydrogen) atoms. The molecule has 2 saturated heterocycles. The standard InChI is InChI=1S/C24H38N4O3/c1-24(2,3)31-22(29)25-20-12-16-28(17-20)23(30)26(4)21-13-15-27(18-21)14-8-11-19-9-6-5-7-10-19/h5-7,9-10,20-21H,8,11-18H2,1-4H3,(H,25,29)/t20-,21-/m0/s1. The Morgan fingerprint density at radius 3 is 2.58 bits per heavy atom. The van der Waals surface area contributed by atoms with Crippen LogP contribution in [0.4, 0.5) is 9.59 Å². The second-order valence-electron chi connectivity index (χ2n) is 9.80. The fourth-order valence-corrected chi connectivity index (χ4v) is 4.39. The molecule has 0 spiro atoms. The van der Waals surface area contributed by atoms with E-state index in [1.807, 2.05) is 37.6 Å². The fourth-order valence-electron chi connectivity index (χ4n) is 4.39. The highest BCUT2D eigenvalue weighted by molar-refractivity contribution is 5.75. The number of amides is 3. The summed E-state index contributed by atoms with van der Waals surface area (Å²) in [6.07, 6.45) is 3.59. The quantitative estimate of drug-likeness (QED) is 0.752. The molecular formula is C24H38N4O3. The molecule has 0 aliphatic carbocycles. The number of benzene rings is 1. The number of ether oxygens (including phenoxy) is 1. The Hall–Kier alpha value is -2.28. The third-order valence-corrected chi connectivity index (χ3v) is 6.06. The second kappa shape index (κ2) is 10.4. The summed E-state index contributed by atoms with van der Waals surface area (Å²) in [5.74, 6) is 0. The summed E-state index contributed by atoms with van der Waals surface area (Å²) in [7, 11) is 1.91. The number of alkyl carbamates (subject to hydrolysis) is 1. The number of nitrogens with one attached hydrogen (secondary N) is 1. The lowest BCUT2D eigenvalue weighted by Crippen LogP contribution is -2.47. The highest BCUT2D eigenvalue weighted by Crippen LogP contribution is 2.19. The maximum Gasteiger partial charge on any atom is 0.407 e. The Balaban J connectivity index is 1.38. The van der Waals surface area contributed by atoms with E-state index in [1.165, 1.54) is 5.56 Å². The Morgan fingerprint density at radius 1 is 1.13 bits per heavy atom. The molecule has 7 nitrogen and oxygen atoms in total. The van der Waals surface area contributed by atoms with Gasteiger partial charge in [0, 0.05) is 39.3 Å². The van der Waals surface area contributed by atoms with Crippen molar-refractivity contribution in [3.8, 4) is 0 Å². The number of aryl methyl sites for hydroxylation is 1. The molecular weight excluding hydrogens is 392 g/mol. The van der Waals surface area contributed by atoms with Gasteiger partial charge in [-0.3, -0.25) is 0 Å². The molecule has 172 valence electrons. The van der Waals surface area contributed by atoms with Gasteiger partial charge in [-0.05, 0) is 58.6 Å². The summed E-state index contributed by atoms with van der Waals surface area (Å²) in [5, 5.41) is 2.89. The Morgan fingerprint density at radius 2 is 1.87 bits per heavy atom. The minimum Gasteiger partial charge on any atom is -0.444 e. The van der Waals surface area contributed by atoms with Gasteiger partial charge in [-0.1, -0.05) is 30.3 Å². The van der Waals surface area contributed by atoms with Gasteiger partial charge in [0.25, 0.3) is 0 Å². The van der Waals surface area contributed by atoms with Crippen LogP contribution in [0.5, 0.6) is 0 Å². The fraction of sp³-hybridized carbons (Fsp3) is 0.667. The first kappa shape index (κ1) is 23.4. The number of likely N-dealkylation sites (N-methyl/N-ethyl adjacent to an activating group) is 1. The van der Waals surface area contributed by atoms with Crippen LogP contribution in [0.25, 0.3) is 0 Å². The van der Waals surface area contributed by atoms with Crippen LogP contribution in [0, 0.1) is 0 Å². The topological polar surface area (TPSA) is 65.1 Å². The molecule has 1 aromatic rings. The molecule has 2 atom stereocenters. The number of carbonyl (C=O) groups is 2. The zero-order chi connectivity index (χ0) is 22.4. The molecule has 7 heteroatoms. The summed E-state index contributed by atoms with van der Waals surface area (Å²) in [5.41, 5.74) is 0.863. The van der Waals surface area contributed by atoms with Gasteiger partial charge < -0.3 is 24.8 Å².